The van der Waals surface area contributed by atoms with Crippen LogP contribution in [0.3, 0.4) is 0 Å². The lowest BCUT2D eigenvalue weighted by atomic mass is 10.00. The lowest BCUT2D eigenvalue weighted by Crippen LogP contribution is -2.31. The van der Waals surface area contributed by atoms with Gasteiger partial charge in [-0.05, 0) is 26.0 Å². The number of aromatic nitrogens is 5. The Morgan fingerprint density at radius 2 is 2.13 bits per heavy atom. The molecule has 0 saturated carbocycles. The average Bonchev–Trinajstić information content (AvgIpc) is 3.24. The van der Waals surface area contributed by atoms with Crippen LogP contribution in [0.4, 0.5) is 5.95 Å². The van der Waals surface area contributed by atoms with Crippen molar-refractivity contribution < 1.29 is 5.11 Å². The average molecular weight is 312 g/mol. The molecule has 0 aliphatic carbocycles. The largest absolute Gasteiger partial charge is 0.381 e. The maximum absolute atomic E-state index is 11.0. The molecule has 4 rings (SSSR count). The third-order valence-corrected chi connectivity index (χ3v) is 4.44. The first kappa shape index (κ1) is 14.2. The number of hydrogen-bond donors (Lipinski definition) is 2. The molecule has 2 N–H and O–H groups in total. The summed E-state index contributed by atoms with van der Waals surface area (Å²) in [4.78, 5) is 9.98. The quantitative estimate of drug-likeness (QED) is 0.771. The molecule has 0 unspecified atom stereocenters. The Morgan fingerprint density at radius 1 is 1.30 bits per heavy atom. The van der Waals surface area contributed by atoms with E-state index in [4.69, 9.17) is 0 Å². The zero-order chi connectivity index (χ0) is 16.0. The summed E-state index contributed by atoms with van der Waals surface area (Å²) in [6.45, 7) is 5.27. The molecular formula is C16H20N6O. The van der Waals surface area contributed by atoms with Crippen molar-refractivity contribution in [2.45, 2.75) is 31.9 Å². The molecule has 23 heavy (non-hydrogen) atoms. The van der Waals surface area contributed by atoms with Crippen molar-refractivity contribution in [2.24, 2.45) is 0 Å². The molecule has 120 valence electrons. The molecule has 0 amide bonds. The number of benzene rings is 1. The van der Waals surface area contributed by atoms with Crippen LogP contribution < -0.4 is 4.90 Å². The number of nitrogens with one attached hydrogen (secondary N) is 1. The second-order valence-corrected chi connectivity index (χ2v) is 6.46. The van der Waals surface area contributed by atoms with Gasteiger partial charge >= 0.3 is 0 Å². The summed E-state index contributed by atoms with van der Waals surface area (Å²) >= 11 is 0. The maximum atomic E-state index is 11.0. The summed E-state index contributed by atoms with van der Waals surface area (Å²) in [6.07, 6.45) is 2.45. The Kier molecular flexibility index (Phi) is 3.12. The molecule has 1 aliphatic heterocycles. The number of aliphatic hydroxyl groups is 1. The molecule has 0 spiro atoms. The molecule has 3 heterocycles. The van der Waals surface area contributed by atoms with Crippen LogP contribution in [0.2, 0.25) is 0 Å². The Bertz CT molecular complexity index is 805. The SMILES string of the molecule is CC(C)n1cc([C@@]2(O)CCN(c3nc4ccccc4[nH]3)C2)nn1. The summed E-state index contributed by atoms with van der Waals surface area (Å²) < 4.78 is 1.77. The molecule has 2 aromatic heterocycles. The van der Waals surface area contributed by atoms with Gasteiger partial charge in [0.15, 0.2) is 0 Å². The number of rotatable bonds is 3. The van der Waals surface area contributed by atoms with Crippen LogP contribution in [-0.4, -0.2) is 43.2 Å². The van der Waals surface area contributed by atoms with E-state index in [1.54, 1.807) is 4.68 Å². The standard InChI is InChI=1S/C16H20N6O/c1-11(2)22-9-14(19-20-22)16(23)7-8-21(10-16)15-17-12-5-3-4-6-13(12)18-15/h3-6,9,11,23H,7-8,10H2,1-2H3,(H,17,18)/t16-/m1/s1. The lowest BCUT2D eigenvalue weighted by Gasteiger charge is -2.20. The van der Waals surface area contributed by atoms with Gasteiger partial charge in [0, 0.05) is 19.0 Å². The van der Waals surface area contributed by atoms with E-state index < -0.39 is 5.60 Å². The van der Waals surface area contributed by atoms with Crippen LogP contribution in [0, 0.1) is 0 Å². The highest BCUT2D eigenvalue weighted by Gasteiger charge is 2.41. The number of para-hydroxylation sites is 2. The van der Waals surface area contributed by atoms with Crippen LogP contribution in [0.25, 0.3) is 11.0 Å². The molecule has 0 radical (unpaired) electrons. The molecular weight excluding hydrogens is 292 g/mol. The zero-order valence-corrected chi connectivity index (χ0v) is 13.3. The first-order valence-corrected chi connectivity index (χ1v) is 7.89. The fourth-order valence-corrected chi connectivity index (χ4v) is 3.02. The van der Waals surface area contributed by atoms with Gasteiger partial charge in [-0.15, -0.1) is 5.10 Å². The summed E-state index contributed by atoms with van der Waals surface area (Å²) in [5, 5.41) is 19.2. The van der Waals surface area contributed by atoms with E-state index in [-0.39, 0.29) is 6.04 Å². The van der Waals surface area contributed by atoms with E-state index in [9.17, 15) is 5.11 Å². The van der Waals surface area contributed by atoms with E-state index in [2.05, 4.69) is 25.2 Å². The van der Waals surface area contributed by atoms with Crippen LogP contribution >= 0.6 is 0 Å². The number of β-amino-alcohol motifs (C(OH)–C–C–N with tert-alkyl or cyclic N) is 1. The third kappa shape index (κ3) is 2.37. The number of anilines is 1. The third-order valence-electron chi connectivity index (χ3n) is 4.44. The van der Waals surface area contributed by atoms with Crippen LogP contribution in [0.1, 0.15) is 32.0 Å². The lowest BCUT2D eigenvalue weighted by molar-refractivity contribution is 0.0558. The van der Waals surface area contributed by atoms with E-state index in [0.717, 1.165) is 23.5 Å². The Morgan fingerprint density at radius 3 is 2.87 bits per heavy atom. The number of hydrogen-bond acceptors (Lipinski definition) is 5. The van der Waals surface area contributed by atoms with Gasteiger partial charge in [-0.1, -0.05) is 17.3 Å². The zero-order valence-electron chi connectivity index (χ0n) is 13.3. The van der Waals surface area contributed by atoms with Gasteiger partial charge in [-0.2, -0.15) is 0 Å². The smallest absolute Gasteiger partial charge is 0.203 e. The number of fused-ring (bicyclic) bond motifs is 1. The topological polar surface area (TPSA) is 82.9 Å². The molecule has 1 saturated heterocycles. The van der Waals surface area contributed by atoms with Crippen molar-refractivity contribution >= 4 is 17.0 Å². The fourth-order valence-electron chi connectivity index (χ4n) is 3.02. The number of aromatic amines is 1. The monoisotopic (exact) mass is 312 g/mol. The Balaban J connectivity index is 1.59. The molecule has 7 nitrogen and oxygen atoms in total. The van der Waals surface area contributed by atoms with Crippen molar-refractivity contribution in [2.75, 3.05) is 18.0 Å². The summed E-state index contributed by atoms with van der Waals surface area (Å²) in [5.74, 6) is 0.790. The minimum atomic E-state index is -0.980. The predicted octanol–water partition coefficient (Wildman–Crippen LogP) is 1.83. The molecule has 0 bridgehead atoms. The van der Waals surface area contributed by atoms with E-state index in [1.807, 2.05) is 44.3 Å². The number of H-pyrrole nitrogens is 1. The van der Waals surface area contributed by atoms with Gasteiger partial charge < -0.3 is 15.0 Å². The van der Waals surface area contributed by atoms with Crippen LogP contribution in [0.5, 0.6) is 0 Å². The number of nitrogens with zero attached hydrogens (tertiary/aromatic N) is 5. The molecule has 1 aliphatic rings. The maximum Gasteiger partial charge on any atom is 0.203 e. The van der Waals surface area contributed by atoms with E-state index in [1.165, 1.54) is 0 Å². The van der Waals surface area contributed by atoms with Gasteiger partial charge in [0.1, 0.15) is 11.3 Å². The summed E-state index contributed by atoms with van der Waals surface area (Å²) in [6, 6.07) is 8.16. The van der Waals surface area contributed by atoms with Crippen molar-refractivity contribution in [3.8, 4) is 0 Å². The van der Waals surface area contributed by atoms with Gasteiger partial charge in [-0.25, -0.2) is 9.67 Å². The van der Waals surface area contributed by atoms with Gasteiger partial charge in [0.25, 0.3) is 0 Å². The Hall–Kier alpha value is -2.41. The molecule has 1 fully saturated rings. The second kappa shape index (κ2) is 5.06. The molecule has 7 heteroatoms. The van der Waals surface area contributed by atoms with Gasteiger partial charge in [0.2, 0.25) is 5.95 Å². The number of imidazole rings is 1. The van der Waals surface area contributed by atoms with Crippen molar-refractivity contribution in [1.29, 1.82) is 0 Å². The van der Waals surface area contributed by atoms with Crippen LogP contribution in [0.15, 0.2) is 30.5 Å². The Labute approximate surface area is 133 Å². The van der Waals surface area contributed by atoms with Gasteiger partial charge in [-0.3, -0.25) is 0 Å². The molecule has 1 atom stereocenters. The van der Waals surface area contributed by atoms with Crippen molar-refractivity contribution in [3.05, 3.63) is 36.2 Å². The molecule has 1 aromatic carbocycles. The highest BCUT2D eigenvalue weighted by Crippen LogP contribution is 2.33. The molecule has 3 aromatic rings. The second-order valence-electron chi connectivity index (χ2n) is 6.46. The summed E-state index contributed by atoms with van der Waals surface area (Å²) in [5.41, 5.74) is 1.59. The van der Waals surface area contributed by atoms with Crippen molar-refractivity contribution in [3.63, 3.8) is 0 Å². The fraction of sp³-hybridized carbons (Fsp3) is 0.438. The first-order chi connectivity index (χ1) is 11.0. The highest BCUT2D eigenvalue weighted by atomic mass is 16.3. The van der Waals surface area contributed by atoms with Gasteiger partial charge in [0.05, 0.1) is 23.8 Å². The minimum absolute atomic E-state index is 0.229. The normalized spacial score (nSPS) is 21.7. The van der Waals surface area contributed by atoms with Crippen molar-refractivity contribution in [1.82, 2.24) is 25.0 Å². The highest BCUT2D eigenvalue weighted by molar-refractivity contribution is 5.77. The van der Waals surface area contributed by atoms with Crippen LogP contribution in [-0.2, 0) is 5.60 Å². The predicted molar refractivity (Wildman–Crippen MR) is 87.2 cm³/mol. The first-order valence-electron chi connectivity index (χ1n) is 7.89. The minimum Gasteiger partial charge on any atom is -0.381 e. The van der Waals surface area contributed by atoms with E-state index >= 15 is 0 Å². The summed E-state index contributed by atoms with van der Waals surface area (Å²) in [7, 11) is 0. The van der Waals surface area contributed by atoms with E-state index in [0.29, 0.717) is 18.7 Å².